The molecule has 1 aliphatic carbocycles. The van der Waals surface area contributed by atoms with Gasteiger partial charge in [0.05, 0.1) is 11.2 Å². The van der Waals surface area contributed by atoms with Gasteiger partial charge in [-0.3, -0.25) is 0 Å². The second-order valence-corrected chi connectivity index (χ2v) is 7.40. The van der Waals surface area contributed by atoms with Gasteiger partial charge in [0.15, 0.2) is 0 Å². The van der Waals surface area contributed by atoms with Crippen molar-refractivity contribution in [3.8, 4) is 6.07 Å². The lowest BCUT2D eigenvalue weighted by Gasteiger charge is -2.40. The number of aliphatic hydroxyl groups is 1. The minimum atomic E-state index is -0.615. The van der Waals surface area contributed by atoms with E-state index in [-0.39, 0.29) is 0 Å². The molecule has 1 aliphatic rings. The summed E-state index contributed by atoms with van der Waals surface area (Å²) in [6.07, 6.45) is 3.79. The van der Waals surface area contributed by atoms with Crippen LogP contribution in [0.4, 0.5) is 5.69 Å². The first-order valence-corrected chi connectivity index (χ1v) is 7.79. The lowest BCUT2D eigenvalue weighted by molar-refractivity contribution is -0.0145. The molecule has 0 spiro atoms. The molecule has 0 aromatic heterocycles. The molecule has 2 N–H and O–H groups in total. The van der Waals surface area contributed by atoms with Crippen LogP contribution in [0.25, 0.3) is 0 Å². The maximum Gasteiger partial charge on any atom is 0.100 e. The highest BCUT2D eigenvalue weighted by Gasteiger charge is 2.36. The van der Waals surface area contributed by atoms with Crippen LogP contribution >= 0.6 is 15.9 Å². The van der Waals surface area contributed by atoms with Crippen molar-refractivity contribution in [3.05, 3.63) is 28.2 Å². The lowest BCUT2D eigenvalue weighted by Crippen LogP contribution is -2.42. The quantitative estimate of drug-likeness (QED) is 0.874. The van der Waals surface area contributed by atoms with Crippen molar-refractivity contribution >= 4 is 21.6 Å². The molecule has 1 aromatic rings. The summed E-state index contributed by atoms with van der Waals surface area (Å²) in [5.41, 5.74) is 1.28. The van der Waals surface area contributed by atoms with E-state index in [0.29, 0.717) is 17.5 Å². The van der Waals surface area contributed by atoms with E-state index in [0.717, 1.165) is 35.8 Å². The van der Waals surface area contributed by atoms with Gasteiger partial charge in [-0.2, -0.15) is 5.26 Å². The maximum atomic E-state index is 10.6. The predicted molar refractivity (Wildman–Crippen MR) is 84.5 cm³/mol. The summed E-state index contributed by atoms with van der Waals surface area (Å²) in [4.78, 5) is 0. The second-order valence-electron chi connectivity index (χ2n) is 6.55. The monoisotopic (exact) mass is 336 g/mol. The smallest absolute Gasteiger partial charge is 0.100 e. The number of anilines is 1. The molecule has 1 fully saturated rings. The Morgan fingerprint density at radius 2 is 1.95 bits per heavy atom. The molecular formula is C16H21BrN2O. The number of hydrogen-bond acceptors (Lipinski definition) is 3. The SMILES string of the molecule is CC1(C)CCC(O)(CNc2ccc(C#N)c(Br)c2)CC1. The maximum absolute atomic E-state index is 10.6. The van der Waals surface area contributed by atoms with Gasteiger partial charge in [-0.15, -0.1) is 0 Å². The Kier molecular flexibility index (Phi) is 4.41. The summed E-state index contributed by atoms with van der Waals surface area (Å²) in [6.45, 7) is 5.08. The number of rotatable bonds is 3. The van der Waals surface area contributed by atoms with Crippen LogP contribution in [0.5, 0.6) is 0 Å². The number of nitrogens with zero attached hydrogens (tertiary/aromatic N) is 1. The van der Waals surface area contributed by atoms with E-state index in [2.05, 4.69) is 41.2 Å². The molecule has 0 atom stereocenters. The Hall–Kier alpha value is -1.05. The van der Waals surface area contributed by atoms with E-state index in [9.17, 15) is 5.11 Å². The zero-order chi connectivity index (χ0) is 14.8. The summed E-state index contributed by atoms with van der Waals surface area (Å²) in [5.74, 6) is 0. The van der Waals surface area contributed by atoms with Crippen molar-refractivity contribution in [3.63, 3.8) is 0 Å². The molecule has 0 radical (unpaired) electrons. The van der Waals surface area contributed by atoms with Gasteiger partial charge in [-0.25, -0.2) is 0 Å². The second kappa shape index (κ2) is 5.75. The van der Waals surface area contributed by atoms with Crippen LogP contribution in [0.15, 0.2) is 22.7 Å². The van der Waals surface area contributed by atoms with Gasteiger partial charge < -0.3 is 10.4 Å². The fourth-order valence-electron chi connectivity index (χ4n) is 2.55. The molecule has 0 aliphatic heterocycles. The van der Waals surface area contributed by atoms with E-state index < -0.39 is 5.60 Å². The van der Waals surface area contributed by atoms with Crippen LogP contribution in [-0.2, 0) is 0 Å². The highest BCUT2D eigenvalue weighted by atomic mass is 79.9. The highest BCUT2D eigenvalue weighted by Crippen LogP contribution is 2.40. The van der Waals surface area contributed by atoms with Gasteiger partial charge in [0.2, 0.25) is 0 Å². The number of hydrogen-bond donors (Lipinski definition) is 2. The van der Waals surface area contributed by atoms with Gasteiger partial charge in [0, 0.05) is 16.7 Å². The van der Waals surface area contributed by atoms with Crippen LogP contribution in [-0.4, -0.2) is 17.3 Å². The first kappa shape index (κ1) is 15.3. The Bertz CT molecular complexity index is 524. The van der Waals surface area contributed by atoms with E-state index in [4.69, 9.17) is 5.26 Å². The molecular weight excluding hydrogens is 316 g/mol. The van der Waals surface area contributed by atoms with Crippen molar-refractivity contribution in [1.29, 1.82) is 5.26 Å². The Morgan fingerprint density at radius 3 is 2.50 bits per heavy atom. The summed E-state index contributed by atoms with van der Waals surface area (Å²) in [6, 6.07) is 7.66. The molecule has 0 bridgehead atoms. The van der Waals surface area contributed by atoms with Crippen molar-refractivity contribution in [2.75, 3.05) is 11.9 Å². The molecule has 1 aromatic carbocycles. The highest BCUT2D eigenvalue weighted by molar-refractivity contribution is 9.10. The fourth-order valence-corrected chi connectivity index (χ4v) is 3.02. The number of nitriles is 1. The number of nitrogens with one attached hydrogen (secondary N) is 1. The topological polar surface area (TPSA) is 56.0 Å². The molecule has 108 valence electrons. The van der Waals surface area contributed by atoms with Crippen molar-refractivity contribution in [1.82, 2.24) is 0 Å². The largest absolute Gasteiger partial charge is 0.388 e. The van der Waals surface area contributed by atoms with Gasteiger partial charge in [0.25, 0.3) is 0 Å². The zero-order valence-corrected chi connectivity index (χ0v) is 13.6. The van der Waals surface area contributed by atoms with Crippen molar-refractivity contribution in [2.24, 2.45) is 5.41 Å². The fraction of sp³-hybridized carbons (Fsp3) is 0.562. The van der Waals surface area contributed by atoms with E-state index in [1.54, 1.807) is 6.07 Å². The molecule has 0 saturated heterocycles. The minimum absolute atomic E-state index is 0.351. The van der Waals surface area contributed by atoms with Crippen molar-refractivity contribution in [2.45, 2.75) is 45.1 Å². The molecule has 20 heavy (non-hydrogen) atoms. The van der Waals surface area contributed by atoms with Crippen LogP contribution < -0.4 is 5.32 Å². The van der Waals surface area contributed by atoms with Gasteiger partial charge in [0.1, 0.15) is 6.07 Å². The summed E-state index contributed by atoms with van der Waals surface area (Å²) >= 11 is 3.38. The molecule has 0 unspecified atom stereocenters. The zero-order valence-electron chi connectivity index (χ0n) is 12.0. The first-order chi connectivity index (χ1) is 9.34. The van der Waals surface area contributed by atoms with Crippen LogP contribution in [0.3, 0.4) is 0 Å². The van der Waals surface area contributed by atoms with Gasteiger partial charge >= 0.3 is 0 Å². The molecule has 3 nitrogen and oxygen atoms in total. The molecule has 1 saturated carbocycles. The third-order valence-electron chi connectivity index (χ3n) is 4.25. The summed E-state index contributed by atoms with van der Waals surface area (Å²) < 4.78 is 0.779. The van der Waals surface area contributed by atoms with Crippen LogP contribution in [0.2, 0.25) is 0 Å². The molecule has 2 rings (SSSR count). The summed E-state index contributed by atoms with van der Waals surface area (Å²) in [5, 5.41) is 22.8. The average Bonchev–Trinajstić information content (AvgIpc) is 2.41. The van der Waals surface area contributed by atoms with Gasteiger partial charge in [-0.05, 0) is 65.2 Å². The molecule has 4 heteroatoms. The average molecular weight is 337 g/mol. The summed E-state index contributed by atoms with van der Waals surface area (Å²) in [7, 11) is 0. The molecule has 0 heterocycles. The predicted octanol–water partition coefficient (Wildman–Crippen LogP) is 4.06. The molecule has 0 amide bonds. The van der Waals surface area contributed by atoms with Crippen molar-refractivity contribution < 1.29 is 5.11 Å². The Morgan fingerprint density at radius 1 is 1.30 bits per heavy atom. The Labute approximate surface area is 129 Å². The third-order valence-corrected chi connectivity index (χ3v) is 4.90. The van der Waals surface area contributed by atoms with Crippen LogP contribution in [0, 0.1) is 16.7 Å². The van der Waals surface area contributed by atoms with Gasteiger partial charge in [-0.1, -0.05) is 13.8 Å². The minimum Gasteiger partial charge on any atom is -0.388 e. The Balaban J connectivity index is 1.96. The lowest BCUT2D eigenvalue weighted by atomic mass is 9.71. The third kappa shape index (κ3) is 3.74. The standard InChI is InChI=1S/C16H21BrN2O/c1-15(2)5-7-16(20,8-6-15)11-19-13-4-3-12(10-18)14(17)9-13/h3-4,9,19-20H,5-8,11H2,1-2H3. The van der Waals surface area contributed by atoms with E-state index in [1.165, 1.54) is 0 Å². The van der Waals surface area contributed by atoms with E-state index >= 15 is 0 Å². The number of halogens is 1. The first-order valence-electron chi connectivity index (χ1n) is 7.00. The van der Waals surface area contributed by atoms with E-state index in [1.807, 2.05) is 12.1 Å². The normalized spacial score (nSPS) is 20.1. The van der Waals surface area contributed by atoms with Crippen LogP contribution in [0.1, 0.15) is 45.1 Å². The number of benzene rings is 1.